The standard InChI is InChI=1S/C22H27N3O4/c1-22(2,3)29-21(28)23-18(14-16-10-6-4-7-11-16)20(27)25-24-19(26)15-17-12-8-5-9-13-17/h4-13,18H,14-15H2,1-3H3,(H,23,28)(H,24,26)(H,25,27). The normalized spacial score (nSPS) is 11.8. The number of alkyl carbamates (subject to hydrolysis) is 1. The van der Waals surface area contributed by atoms with Gasteiger partial charge in [0.2, 0.25) is 5.91 Å². The zero-order chi connectivity index (χ0) is 21.3. The van der Waals surface area contributed by atoms with Crippen molar-refractivity contribution in [2.45, 2.75) is 45.3 Å². The van der Waals surface area contributed by atoms with Gasteiger partial charge in [0, 0.05) is 6.42 Å². The molecule has 0 saturated heterocycles. The lowest BCUT2D eigenvalue weighted by Gasteiger charge is -2.23. The fourth-order valence-electron chi connectivity index (χ4n) is 2.55. The Labute approximate surface area is 170 Å². The first-order valence-electron chi connectivity index (χ1n) is 9.39. The average Bonchev–Trinajstić information content (AvgIpc) is 2.66. The molecular weight excluding hydrogens is 370 g/mol. The first-order chi connectivity index (χ1) is 13.7. The maximum Gasteiger partial charge on any atom is 0.408 e. The molecule has 29 heavy (non-hydrogen) atoms. The topological polar surface area (TPSA) is 96.5 Å². The molecule has 0 aliphatic rings. The van der Waals surface area contributed by atoms with Gasteiger partial charge in [0.25, 0.3) is 5.91 Å². The molecular formula is C22H27N3O4. The van der Waals surface area contributed by atoms with Crippen molar-refractivity contribution >= 4 is 17.9 Å². The summed E-state index contributed by atoms with van der Waals surface area (Å²) >= 11 is 0. The highest BCUT2D eigenvalue weighted by Gasteiger charge is 2.25. The van der Waals surface area contributed by atoms with Crippen LogP contribution in [0.3, 0.4) is 0 Å². The summed E-state index contributed by atoms with van der Waals surface area (Å²) in [4.78, 5) is 36.8. The van der Waals surface area contributed by atoms with Gasteiger partial charge in [-0.05, 0) is 31.9 Å². The number of carbonyl (C=O) groups is 3. The molecule has 0 saturated carbocycles. The highest BCUT2D eigenvalue weighted by atomic mass is 16.6. The quantitative estimate of drug-likeness (QED) is 0.653. The van der Waals surface area contributed by atoms with Crippen molar-refractivity contribution in [3.63, 3.8) is 0 Å². The Morgan fingerprint density at radius 3 is 1.97 bits per heavy atom. The monoisotopic (exact) mass is 397 g/mol. The van der Waals surface area contributed by atoms with Crippen LogP contribution in [0.5, 0.6) is 0 Å². The van der Waals surface area contributed by atoms with Crippen LogP contribution >= 0.6 is 0 Å². The van der Waals surface area contributed by atoms with Crippen molar-refractivity contribution in [1.29, 1.82) is 0 Å². The molecule has 7 heteroatoms. The first-order valence-corrected chi connectivity index (χ1v) is 9.39. The molecule has 0 radical (unpaired) electrons. The number of ether oxygens (including phenoxy) is 1. The highest BCUT2D eigenvalue weighted by molar-refractivity contribution is 5.88. The van der Waals surface area contributed by atoms with Crippen LogP contribution in [0, 0.1) is 0 Å². The second-order valence-corrected chi connectivity index (χ2v) is 7.59. The molecule has 2 aromatic carbocycles. The number of hydrogen-bond donors (Lipinski definition) is 3. The molecule has 2 rings (SSSR count). The van der Waals surface area contributed by atoms with Crippen molar-refractivity contribution in [2.24, 2.45) is 0 Å². The predicted octanol–water partition coefficient (Wildman–Crippen LogP) is 2.51. The van der Waals surface area contributed by atoms with Gasteiger partial charge < -0.3 is 10.1 Å². The maximum atomic E-state index is 12.6. The number of hydrazine groups is 1. The third-order valence-electron chi connectivity index (χ3n) is 3.82. The lowest BCUT2D eigenvalue weighted by Crippen LogP contribution is -2.54. The number of hydrogen-bond acceptors (Lipinski definition) is 4. The van der Waals surface area contributed by atoms with E-state index in [1.54, 1.807) is 20.8 Å². The van der Waals surface area contributed by atoms with E-state index in [0.717, 1.165) is 11.1 Å². The van der Waals surface area contributed by atoms with E-state index in [9.17, 15) is 14.4 Å². The summed E-state index contributed by atoms with van der Waals surface area (Å²) < 4.78 is 5.24. The van der Waals surface area contributed by atoms with E-state index in [0.29, 0.717) is 0 Å². The van der Waals surface area contributed by atoms with E-state index < -0.39 is 23.6 Å². The van der Waals surface area contributed by atoms with Crippen LogP contribution in [-0.4, -0.2) is 29.6 Å². The highest BCUT2D eigenvalue weighted by Crippen LogP contribution is 2.08. The molecule has 0 aromatic heterocycles. The summed E-state index contributed by atoms with van der Waals surface area (Å²) in [5.41, 5.74) is 5.76. The predicted molar refractivity (Wildman–Crippen MR) is 110 cm³/mol. The van der Waals surface area contributed by atoms with Gasteiger partial charge in [-0.3, -0.25) is 20.4 Å². The number of rotatable bonds is 6. The minimum absolute atomic E-state index is 0.129. The van der Waals surface area contributed by atoms with Gasteiger partial charge >= 0.3 is 6.09 Å². The minimum Gasteiger partial charge on any atom is -0.444 e. The summed E-state index contributed by atoms with van der Waals surface area (Å²) in [7, 11) is 0. The molecule has 0 aliphatic heterocycles. The smallest absolute Gasteiger partial charge is 0.408 e. The van der Waals surface area contributed by atoms with E-state index in [1.807, 2.05) is 60.7 Å². The van der Waals surface area contributed by atoms with Crippen LogP contribution in [-0.2, 0) is 27.2 Å². The number of benzene rings is 2. The van der Waals surface area contributed by atoms with E-state index >= 15 is 0 Å². The molecule has 7 nitrogen and oxygen atoms in total. The molecule has 0 heterocycles. The van der Waals surface area contributed by atoms with Crippen molar-refractivity contribution in [3.8, 4) is 0 Å². The lowest BCUT2D eigenvalue weighted by molar-refractivity contribution is -0.129. The molecule has 2 aromatic rings. The molecule has 3 amide bonds. The van der Waals surface area contributed by atoms with Gasteiger partial charge in [0.15, 0.2) is 0 Å². The van der Waals surface area contributed by atoms with Crippen LogP contribution in [0.2, 0.25) is 0 Å². The summed E-state index contributed by atoms with van der Waals surface area (Å²) in [6, 6.07) is 17.5. The first kappa shape index (κ1) is 21.9. The van der Waals surface area contributed by atoms with E-state index in [4.69, 9.17) is 4.74 Å². The summed E-state index contributed by atoms with van der Waals surface area (Å²) in [6.45, 7) is 5.22. The second-order valence-electron chi connectivity index (χ2n) is 7.59. The Bertz CT molecular complexity index is 817. The van der Waals surface area contributed by atoms with Crippen molar-refractivity contribution < 1.29 is 19.1 Å². The summed E-state index contributed by atoms with van der Waals surface area (Å²) in [5, 5.41) is 2.57. The SMILES string of the molecule is CC(C)(C)OC(=O)NC(Cc1ccccc1)C(=O)NNC(=O)Cc1ccccc1. The Morgan fingerprint density at radius 1 is 0.862 bits per heavy atom. The molecule has 3 N–H and O–H groups in total. The van der Waals surface area contributed by atoms with Crippen LogP contribution in [0.25, 0.3) is 0 Å². The van der Waals surface area contributed by atoms with Crippen LogP contribution in [0.4, 0.5) is 4.79 Å². The molecule has 154 valence electrons. The van der Waals surface area contributed by atoms with Crippen molar-refractivity contribution in [3.05, 3.63) is 71.8 Å². The Hall–Kier alpha value is -3.35. The van der Waals surface area contributed by atoms with Crippen LogP contribution < -0.4 is 16.2 Å². The third kappa shape index (κ3) is 8.47. The zero-order valence-corrected chi connectivity index (χ0v) is 16.9. The summed E-state index contributed by atoms with van der Waals surface area (Å²) in [5.74, 6) is -0.901. The number of nitrogens with one attached hydrogen (secondary N) is 3. The van der Waals surface area contributed by atoms with Gasteiger partial charge in [-0.1, -0.05) is 60.7 Å². The largest absolute Gasteiger partial charge is 0.444 e. The third-order valence-corrected chi connectivity index (χ3v) is 3.82. The Morgan fingerprint density at radius 2 is 1.41 bits per heavy atom. The molecule has 0 spiro atoms. The fourth-order valence-corrected chi connectivity index (χ4v) is 2.55. The van der Waals surface area contributed by atoms with Crippen molar-refractivity contribution in [2.75, 3.05) is 0 Å². The van der Waals surface area contributed by atoms with Crippen molar-refractivity contribution in [1.82, 2.24) is 16.2 Å². The van der Waals surface area contributed by atoms with Gasteiger partial charge in [-0.2, -0.15) is 0 Å². The Kier molecular flexibility index (Phi) is 7.77. The van der Waals surface area contributed by atoms with E-state index in [-0.39, 0.29) is 18.7 Å². The van der Waals surface area contributed by atoms with E-state index in [2.05, 4.69) is 16.2 Å². The van der Waals surface area contributed by atoms with Crippen LogP contribution in [0.15, 0.2) is 60.7 Å². The zero-order valence-electron chi connectivity index (χ0n) is 16.9. The van der Waals surface area contributed by atoms with E-state index in [1.165, 1.54) is 0 Å². The molecule has 0 bridgehead atoms. The number of carbonyl (C=O) groups excluding carboxylic acids is 3. The van der Waals surface area contributed by atoms with Gasteiger partial charge in [0.1, 0.15) is 11.6 Å². The van der Waals surface area contributed by atoms with Gasteiger partial charge in [0.05, 0.1) is 6.42 Å². The summed E-state index contributed by atoms with van der Waals surface area (Å²) in [6.07, 6.45) is -0.325. The lowest BCUT2D eigenvalue weighted by atomic mass is 10.1. The van der Waals surface area contributed by atoms with Gasteiger partial charge in [-0.25, -0.2) is 4.79 Å². The van der Waals surface area contributed by atoms with Gasteiger partial charge in [-0.15, -0.1) is 0 Å². The molecule has 0 fully saturated rings. The minimum atomic E-state index is -0.913. The second kappa shape index (κ2) is 10.3. The Balaban J connectivity index is 1.97. The molecule has 0 aliphatic carbocycles. The van der Waals surface area contributed by atoms with Crippen LogP contribution in [0.1, 0.15) is 31.9 Å². The fraction of sp³-hybridized carbons (Fsp3) is 0.318. The molecule has 1 atom stereocenters. The maximum absolute atomic E-state index is 12.6. The molecule has 1 unspecified atom stereocenters. The number of amides is 3. The average molecular weight is 397 g/mol.